The Morgan fingerprint density at radius 1 is 1.18 bits per heavy atom. The van der Waals surface area contributed by atoms with E-state index in [0.717, 1.165) is 30.2 Å². The largest absolute Gasteiger partial charge is 0.496 e. The molecular weight excluding hydrogens is 516 g/mol. The second-order valence-electron chi connectivity index (χ2n) is 11.1. The number of ketones is 2. The first-order chi connectivity index (χ1) is 19.3. The number of H-pyrrole nitrogens is 1. The third kappa shape index (κ3) is 5.34. The molecule has 3 fully saturated rings. The molecule has 2 saturated carbocycles. The number of rotatable bonds is 10. The number of carbonyl (C=O) groups is 5. The summed E-state index contributed by atoms with van der Waals surface area (Å²) in [5.41, 5.74) is 1.08. The number of likely N-dealkylation sites (tertiary alicyclic amines) is 1. The topological polar surface area (TPSA) is 158 Å². The van der Waals surface area contributed by atoms with Gasteiger partial charge in [0.25, 0.3) is 11.8 Å². The average Bonchev–Trinajstić information content (AvgIpc) is 3.74. The van der Waals surface area contributed by atoms with Crippen molar-refractivity contribution in [3.8, 4) is 5.75 Å². The summed E-state index contributed by atoms with van der Waals surface area (Å²) in [7, 11) is 1.56. The van der Waals surface area contributed by atoms with Gasteiger partial charge in [-0.3, -0.25) is 24.0 Å². The maximum atomic E-state index is 13.9. The number of aliphatic hydroxyl groups excluding tert-OH is 1. The molecule has 2 aromatic rings. The molecule has 0 radical (unpaired) electrons. The molecule has 4 N–H and O–H groups in total. The van der Waals surface area contributed by atoms with Crippen LogP contribution in [0.25, 0.3) is 10.9 Å². The van der Waals surface area contributed by atoms with Gasteiger partial charge in [0.1, 0.15) is 23.3 Å². The second kappa shape index (κ2) is 11.8. The Labute approximate surface area is 232 Å². The molecule has 11 heteroatoms. The molecule has 2 heterocycles. The quantitative estimate of drug-likeness (QED) is 0.324. The molecule has 0 unspecified atom stereocenters. The Hall–Kier alpha value is -3.73. The van der Waals surface area contributed by atoms with Gasteiger partial charge in [0, 0.05) is 36.3 Å². The van der Waals surface area contributed by atoms with Crippen LogP contribution in [0.2, 0.25) is 0 Å². The van der Waals surface area contributed by atoms with Crippen LogP contribution in [0.4, 0.5) is 0 Å². The number of fused-ring (bicyclic) bond motifs is 2. The molecule has 0 spiro atoms. The third-order valence-electron chi connectivity index (χ3n) is 8.70. The van der Waals surface area contributed by atoms with Crippen LogP contribution in [0.5, 0.6) is 5.75 Å². The molecule has 1 aliphatic heterocycles. The molecular formula is C29H36N4O7. The van der Waals surface area contributed by atoms with Crippen molar-refractivity contribution in [2.75, 3.05) is 26.8 Å². The van der Waals surface area contributed by atoms with Crippen LogP contribution in [0.15, 0.2) is 24.3 Å². The van der Waals surface area contributed by atoms with Crippen LogP contribution < -0.4 is 15.4 Å². The van der Waals surface area contributed by atoms with E-state index in [0.29, 0.717) is 37.3 Å². The van der Waals surface area contributed by atoms with E-state index < -0.39 is 35.6 Å². The van der Waals surface area contributed by atoms with Gasteiger partial charge in [-0.15, -0.1) is 0 Å². The lowest BCUT2D eigenvalue weighted by Crippen LogP contribution is -2.55. The fraction of sp³-hybridized carbons (Fsp3) is 0.552. The Morgan fingerprint density at radius 3 is 2.73 bits per heavy atom. The maximum Gasteiger partial charge on any atom is 0.289 e. The minimum Gasteiger partial charge on any atom is -0.496 e. The molecule has 1 saturated heterocycles. The molecule has 5 atom stereocenters. The lowest BCUT2D eigenvalue weighted by atomic mass is 9.91. The van der Waals surface area contributed by atoms with Gasteiger partial charge in [-0.2, -0.15) is 0 Å². The number of hydrogen-bond acceptors (Lipinski definition) is 7. The van der Waals surface area contributed by atoms with Gasteiger partial charge in [-0.25, -0.2) is 0 Å². The highest BCUT2D eigenvalue weighted by Crippen LogP contribution is 2.43. The Morgan fingerprint density at radius 2 is 2.00 bits per heavy atom. The first kappa shape index (κ1) is 27.8. The second-order valence-corrected chi connectivity index (χ2v) is 11.1. The minimum atomic E-state index is -1.20. The number of Topliss-reactive ketones (excluding diaryl/α,β-unsaturated/α-hetero) is 2. The van der Waals surface area contributed by atoms with E-state index in [1.807, 2.05) is 18.2 Å². The number of nitrogens with zero attached hydrogens (tertiary/aromatic N) is 1. The zero-order valence-electron chi connectivity index (χ0n) is 22.6. The zero-order chi connectivity index (χ0) is 28.4. The van der Waals surface area contributed by atoms with Gasteiger partial charge in [0.2, 0.25) is 11.7 Å². The molecule has 11 nitrogen and oxygen atoms in total. The molecule has 1 aromatic carbocycles. The van der Waals surface area contributed by atoms with Crippen LogP contribution in [-0.4, -0.2) is 83.2 Å². The fourth-order valence-electron chi connectivity index (χ4n) is 6.75. The van der Waals surface area contributed by atoms with Gasteiger partial charge in [-0.05, 0) is 62.1 Å². The summed E-state index contributed by atoms with van der Waals surface area (Å²) in [6, 6.07) is 5.20. The highest BCUT2D eigenvalue weighted by Gasteiger charge is 2.50. The number of benzene rings is 1. The predicted molar refractivity (Wildman–Crippen MR) is 145 cm³/mol. The summed E-state index contributed by atoms with van der Waals surface area (Å²) in [5.74, 6) is -2.25. The van der Waals surface area contributed by atoms with Crippen molar-refractivity contribution in [2.45, 2.75) is 57.0 Å². The smallest absolute Gasteiger partial charge is 0.289 e. The molecule has 40 heavy (non-hydrogen) atoms. The summed E-state index contributed by atoms with van der Waals surface area (Å²) in [4.78, 5) is 70.4. The average molecular weight is 553 g/mol. The number of hydrogen-bond donors (Lipinski definition) is 4. The lowest BCUT2D eigenvalue weighted by molar-refractivity contribution is -0.141. The van der Waals surface area contributed by atoms with Crippen molar-refractivity contribution in [1.82, 2.24) is 20.5 Å². The van der Waals surface area contributed by atoms with Crippen molar-refractivity contribution >= 4 is 40.2 Å². The van der Waals surface area contributed by atoms with Gasteiger partial charge < -0.3 is 30.4 Å². The Balaban J connectivity index is 1.40. The molecule has 3 aliphatic rings. The summed E-state index contributed by atoms with van der Waals surface area (Å²) in [6.07, 6.45) is 4.39. The van der Waals surface area contributed by atoms with E-state index in [4.69, 9.17) is 9.84 Å². The third-order valence-corrected chi connectivity index (χ3v) is 8.70. The van der Waals surface area contributed by atoms with Crippen LogP contribution >= 0.6 is 0 Å². The molecule has 214 valence electrons. The van der Waals surface area contributed by atoms with E-state index in [9.17, 15) is 24.0 Å². The standard InChI is InChI=1S/C29H36N4O7/c1-40-24-10-4-8-20-19(24)14-22(31-20)29(39)33-15-17-6-2-7-18(17)25(33)27(37)32-21(13-16-5-3-9-23(16)35)26(36)28(38)30-11-12-34/h4,8,10,14,16-18,21,25,31,34H,2-3,5-7,9,11-13,15H2,1H3,(H,30,38)(H,32,37)/t16-,17-,18-,21-,25-/m0/s1. The van der Waals surface area contributed by atoms with Crippen LogP contribution in [0.1, 0.15) is 55.4 Å². The van der Waals surface area contributed by atoms with E-state index in [2.05, 4.69) is 15.6 Å². The van der Waals surface area contributed by atoms with Crippen molar-refractivity contribution in [3.63, 3.8) is 0 Å². The van der Waals surface area contributed by atoms with E-state index in [-0.39, 0.29) is 43.1 Å². The molecule has 2 aliphatic carbocycles. The number of carbonyl (C=O) groups excluding carboxylic acids is 5. The lowest BCUT2D eigenvalue weighted by Gasteiger charge is -2.29. The molecule has 1 aromatic heterocycles. The minimum absolute atomic E-state index is 0.0191. The highest BCUT2D eigenvalue weighted by molar-refractivity contribution is 6.38. The normalized spacial score (nSPS) is 24.6. The van der Waals surface area contributed by atoms with Gasteiger partial charge >= 0.3 is 0 Å². The van der Waals surface area contributed by atoms with Gasteiger partial charge in [0.15, 0.2) is 0 Å². The summed E-state index contributed by atoms with van der Waals surface area (Å²) >= 11 is 0. The number of ether oxygens (including phenoxy) is 1. The number of aromatic nitrogens is 1. The van der Waals surface area contributed by atoms with Crippen LogP contribution in [0, 0.1) is 17.8 Å². The molecule has 3 amide bonds. The summed E-state index contributed by atoms with van der Waals surface area (Å²) in [6.45, 7) is -0.0126. The number of amides is 3. The fourth-order valence-corrected chi connectivity index (χ4v) is 6.75. The van der Waals surface area contributed by atoms with E-state index >= 15 is 0 Å². The first-order valence-corrected chi connectivity index (χ1v) is 14.0. The van der Waals surface area contributed by atoms with Crippen molar-refractivity contribution in [3.05, 3.63) is 30.0 Å². The Bertz CT molecular complexity index is 1320. The molecule has 0 bridgehead atoms. The Kier molecular flexibility index (Phi) is 8.20. The first-order valence-electron chi connectivity index (χ1n) is 14.0. The monoisotopic (exact) mass is 552 g/mol. The SMILES string of the molecule is COc1cccc2[nH]c(C(=O)N3C[C@@H]4CCC[C@@H]4[C@H]3C(=O)N[C@@H](C[C@@H]3CCCC3=O)C(=O)C(=O)NCCO)cc12. The molecule has 5 rings (SSSR count). The van der Waals surface area contributed by atoms with E-state index in [1.165, 1.54) is 0 Å². The predicted octanol–water partition coefficient (Wildman–Crippen LogP) is 1.34. The number of aliphatic hydroxyl groups is 1. The van der Waals surface area contributed by atoms with Gasteiger partial charge in [-0.1, -0.05) is 12.5 Å². The summed E-state index contributed by atoms with van der Waals surface area (Å²) in [5, 5.41) is 14.9. The maximum absolute atomic E-state index is 13.9. The number of methoxy groups -OCH3 is 1. The van der Waals surface area contributed by atoms with Crippen molar-refractivity contribution in [2.24, 2.45) is 17.8 Å². The van der Waals surface area contributed by atoms with Crippen molar-refractivity contribution in [1.29, 1.82) is 0 Å². The van der Waals surface area contributed by atoms with Crippen LogP contribution in [0.3, 0.4) is 0 Å². The summed E-state index contributed by atoms with van der Waals surface area (Å²) < 4.78 is 5.43. The van der Waals surface area contributed by atoms with Crippen LogP contribution in [-0.2, 0) is 19.2 Å². The number of aromatic amines is 1. The van der Waals surface area contributed by atoms with E-state index in [1.54, 1.807) is 18.1 Å². The van der Waals surface area contributed by atoms with Gasteiger partial charge in [0.05, 0.1) is 19.8 Å². The number of nitrogens with one attached hydrogen (secondary N) is 3. The zero-order valence-corrected chi connectivity index (χ0v) is 22.6. The van der Waals surface area contributed by atoms with Crippen molar-refractivity contribution < 1.29 is 33.8 Å². The highest BCUT2D eigenvalue weighted by atomic mass is 16.5.